The zero-order valence-electron chi connectivity index (χ0n) is 10.4. The molecule has 1 fully saturated rings. The first-order valence-electron chi connectivity index (χ1n) is 6.60. The van der Waals surface area contributed by atoms with Gasteiger partial charge in [0.05, 0.1) is 5.52 Å². The van der Waals surface area contributed by atoms with Gasteiger partial charge < -0.3 is 10.3 Å². The predicted octanol–water partition coefficient (Wildman–Crippen LogP) is 3.26. The lowest BCUT2D eigenvalue weighted by molar-refractivity contribution is 0.321. The summed E-state index contributed by atoms with van der Waals surface area (Å²) >= 11 is 0. The average Bonchev–Trinajstić information content (AvgIpc) is 2.60. The van der Waals surface area contributed by atoms with Crippen molar-refractivity contribution in [2.75, 3.05) is 0 Å². The van der Waals surface area contributed by atoms with E-state index in [1.807, 2.05) is 0 Å². The van der Waals surface area contributed by atoms with Crippen molar-refractivity contribution in [2.45, 2.75) is 44.7 Å². The fraction of sp³-hybridized carbons (Fsp3) is 0.467. The molecule has 1 heterocycles. The Morgan fingerprint density at radius 3 is 2.82 bits per heavy atom. The molecular weight excluding hydrogens is 208 g/mol. The van der Waals surface area contributed by atoms with Gasteiger partial charge in [-0.1, -0.05) is 18.2 Å². The SMILES string of the molecule is CC(N)Cc1cccc2ccn(C3CCC3)c12. The second-order valence-corrected chi connectivity index (χ2v) is 5.34. The standard InChI is InChI=1S/C15H20N2/c1-11(16)10-13-5-2-4-12-8-9-17(15(12)13)14-6-3-7-14/h2,4-5,8-9,11,14H,3,6-7,10,16H2,1H3. The molecule has 2 aromatic rings. The molecule has 0 aliphatic heterocycles. The Labute approximate surface area is 102 Å². The number of hydrogen-bond acceptors (Lipinski definition) is 1. The quantitative estimate of drug-likeness (QED) is 0.859. The van der Waals surface area contributed by atoms with Gasteiger partial charge in [-0.05, 0) is 49.6 Å². The molecule has 0 spiro atoms. The third-order valence-electron chi connectivity index (χ3n) is 3.83. The smallest absolute Gasteiger partial charge is 0.0515 e. The third-order valence-corrected chi connectivity index (χ3v) is 3.83. The van der Waals surface area contributed by atoms with Crippen molar-refractivity contribution < 1.29 is 0 Å². The van der Waals surface area contributed by atoms with Crippen LogP contribution in [0.25, 0.3) is 10.9 Å². The first-order valence-corrected chi connectivity index (χ1v) is 6.60. The van der Waals surface area contributed by atoms with Gasteiger partial charge in [0, 0.05) is 18.3 Å². The van der Waals surface area contributed by atoms with Crippen molar-refractivity contribution >= 4 is 10.9 Å². The summed E-state index contributed by atoms with van der Waals surface area (Å²) < 4.78 is 2.47. The molecule has 1 aromatic heterocycles. The minimum Gasteiger partial charge on any atom is -0.344 e. The van der Waals surface area contributed by atoms with Gasteiger partial charge in [-0.2, -0.15) is 0 Å². The molecule has 0 amide bonds. The molecule has 1 aliphatic rings. The minimum absolute atomic E-state index is 0.227. The molecule has 90 valence electrons. The third kappa shape index (κ3) is 1.87. The van der Waals surface area contributed by atoms with E-state index in [9.17, 15) is 0 Å². The second kappa shape index (κ2) is 4.19. The Morgan fingerprint density at radius 1 is 1.35 bits per heavy atom. The van der Waals surface area contributed by atoms with Gasteiger partial charge in [-0.25, -0.2) is 0 Å². The van der Waals surface area contributed by atoms with Gasteiger partial charge in [0.25, 0.3) is 0 Å². The minimum atomic E-state index is 0.227. The van der Waals surface area contributed by atoms with Crippen LogP contribution in [0.3, 0.4) is 0 Å². The number of benzene rings is 1. The van der Waals surface area contributed by atoms with Crippen molar-refractivity contribution in [3.63, 3.8) is 0 Å². The van der Waals surface area contributed by atoms with Crippen LogP contribution in [0.1, 0.15) is 37.8 Å². The van der Waals surface area contributed by atoms with Gasteiger partial charge in [-0.3, -0.25) is 0 Å². The van der Waals surface area contributed by atoms with Gasteiger partial charge in [-0.15, -0.1) is 0 Å². The maximum absolute atomic E-state index is 5.95. The highest BCUT2D eigenvalue weighted by atomic mass is 15.0. The van der Waals surface area contributed by atoms with E-state index < -0.39 is 0 Å². The summed E-state index contributed by atoms with van der Waals surface area (Å²) in [5, 5.41) is 1.36. The van der Waals surface area contributed by atoms with E-state index in [0.29, 0.717) is 0 Å². The van der Waals surface area contributed by atoms with Gasteiger partial charge in [0.2, 0.25) is 0 Å². The predicted molar refractivity (Wildman–Crippen MR) is 72.2 cm³/mol. The molecule has 1 aromatic carbocycles. The molecule has 1 aliphatic carbocycles. The molecule has 3 rings (SSSR count). The normalized spacial score (nSPS) is 18.2. The number of nitrogens with two attached hydrogens (primary N) is 1. The first-order chi connectivity index (χ1) is 8.25. The Bertz CT molecular complexity index is 521. The molecule has 1 unspecified atom stereocenters. The van der Waals surface area contributed by atoms with E-state index in [4.69, 9.17) is 5.73 Å². The van der Waals surface area contributed by atoms with Gasteiger partial charge in [0.1, 0.15) is 0 Å². The maximum Gasteiger partial charge on any atom is 0.0515 e. The summed E-state index contributed by atoms with van der Waals surface area (Å²) in [7, 11) is 0. The molecule has 0 saturated heterocycles. The lowest BCUT2D eigenvalue weighted by Gasteiger charge is -2.28. The lowest BCUT2D eigenvalue weighted by Crippen LogP contribution is -2.20. The largest absolute Gasteiger partial charge is 0.344 e. The molecule has 2 heteroatoms. The van der Waals surface area contributed by atoms with Crippen molar-refractivity contribution in [1.82, 2.24) is 4.57 Å². The van der Waals surface area contributed by atoms with Crippen LogP contribution in [0.4, 0.5) is 0 Å². The molecule has 2 nitrogen and oxygen atoms in total. The number of rotatable bonds is 3. The topological polar surface area (TPSA) is 30.9 Å². The molecule has 0 bridgehead atoms. The molecule has 2 N–H and O–H groups in total. The zero-order valence-corrected chi connectivity index (χ0v) is 10.4. The summed E-state index contributed by atoms with van der Waals surface area (Å²) in [6.45, 7) is 2.08. The van der Waals surface area contributed by atoms with Crippen LogP contribution in [0.5, 0.6) is 0 Å². The molecule has 1 saturated carbocycles. The van der Waals surface area contributed by atoms with Crippen LogP contribution < -0.4 is 5.73 Å². The molecular formula is C15H20N2. The highest BCUT2D eigenvalue weighted by Gasteiger charge is 2.21. The monoisotopic (exact) mass is 228 g/mol. The summed E-state index contributed by atoms with van der Waals surface area (Å²) in [5.74, 6) is 0. The van der Waals surface area contributed by atoms with Gasteiger partial charge >= 0.3 is 0 Å². The Balaban J connectivity index is 2.10. The van der Waals surface area contributed by atoms with Crippen molar-refractivity contribution in [1.29, 1.82) is 0 Å². The summed E-state index contributed by atoms with van der Waals surface area (Å²) in [6.07, 6.45) is 7.25. The Hall–Kier alpha value is -1.28. The van der Waals surface area contributed by atoms with Crippen LogP contribution in [-0.2, 0) is 6.42 Å². The summed E-state index contributed by atoms with van der Waals surface area (Å²) in [5.41, 5.74) is 8.76. The van der Waals surface area contributed by atoms with Crippen molar-refractivity contribution in [3.8, 4) is 0 Å². The van der Waals surface area contributed by atoms with E-state index in [1.165, 1.54) is 35.7 Å². The van der Waals surface area contributed by atoms with E-state index >= 15 is 0 Å². The van der Waals surface area contributed by atoms with Crippen LogP contribution in [0.15, 0.2) is 30.5 Å². The van der Waals surface area contributed by atoms with Crippen LogP contribution in [0.2, 0.25) is 0 Å². The van der Waals surface area contributed by atoms with E-state index in [-0.39, 0.29) is 6.04 Å². The number of fused-ring (bicyclic) bond motifs is 1. The van der Waals surface area contributed by atoms with Crippen molar-refractivity contribution in [2.24, 2.45) is 5.73 Å². The molecule has 1 atom stereocenters. The van der Waals surface area contributed by atoms with Gasteiger partial charge in [0.15, 0.2) is 0 Å². The van der Waals surface area contributed by atoms with E-state index in [2.05, 4.69) is 42.0 Å². The van der Waals surface area contributed by atoms with E-state index in [1.54, 1.807) is 0 Å². The highest BCUT2D eigenvalue weighted by Crippen LogP contribution is 2.35. The summed E-state index contributed by atoms with van der Waals surface area (Å²) in [4.78, 5) is 0. The average molecular weight is 228 g/mol. The first kappa shape index (κ1) is 10.8. The molecule has 17 heavy (non-hydrogen) atoms. The Kier molecular flexibility index (Phi) is 2.67. The van der Waals surface area contributed by atoms with Crippen LogP contribution in [0, 0.1) is 0 Å². The lowest BCUT2D eigenvalue weighted by atomic mass is 9.92. The fourth-order valence-corrected chi connectivity index (χ4v) is 2.78. The highest BCUT2D eigenvalue weighted by molar-refractivity contribution is 5.83. The number of para-hydroxylation sites is 1. The maximum atomic E-state index is 5.95. The molecule has 0 radical (unpaired) electrons. The van der Waals surface area contributed by atoms with Crippen molar-refractivity contribution in [3.05, 3.63) is 36.0 Å². The zero-order chi connectivity index (χ0) is 11.8. The van der Waals surface area contributed by atoms with Crippen LogP contribution >= 0.6 is 0 Å². The number of nitrogens with zero attached hydrogens (tertiary/aromatic N) is 1. The van der Waals surface area contributed by atoms with Crippen LogP contribution in [-0.4, -0.2) is 10.6 Å². The van der Waals surface area contributed by atoms with E-state index in [0.717, 1.165) is 12.5 Å². The Morgan fingerprint density at radius 2 is 2.18 bits per heavy atom. The summed E-state index contributed by atoms with van der Waals surface area (Å²) in [6, 6.07) is 9.76. The fourth-order valence-electron chi connectivity index (χ4n) is 2.78. The number of hydrogen-bond donors (Lipinski definition) is 1. The second-order valence-electron chi connectivity index (χ2n) is 5.34. The number of aromatic nitrogens is 1.